The molecule has 2 aromatic heterocycles. The topological polar surface area (TPSA) is 7.76 Å². The smallest absolute Gasteiger partial charge is 0.126 e. The molecule has 1 unspecified atom stereocenters. The molecule has 7 rings (SSSR count). The van der Waals surface area contributed by atoms with Crippen molar-refractivity contribution in [1.29, 1.82) is 0 Å². The monoisotopic (exact) mass is 396 g/mol. The zero-order valence-electron chi connectivity index (χ0n) is 16.9. The maximum atomic E-state index is 2.46. The van der Waals surface area contributed by atoms with Crippen molar-refractivity contribution in [2.45, 2.75) is 5.66 Å². The minimum absolute atomic E-state index is 0.408. The van der Waals surface area contributed by atoms with Crippen LogP contribution in [0.4, 0.5) is 0 Å². The van der Waals surface area contributed by atoms with Crippen molar-refractivity contribution in [1.82, 2.24) is 0 Å². The number of hydrogen-bond acceptors (Lipinski definition) is 0. The molecular formula is C29H20N2+2. The van der Waals surface area contributed by atoms with Crippen molar-refractivity contribution in [3.05, 3.63) is 133 Å². The lowest BCUT2D eigenvalue weighted by Gasteiger charge is -2.17. The van der Waals surface area contributed by atoms with Gasteiger partial charge in [-0.3, -0.25) is 0 Å². The van der Waals surface area contributed by atoms with Crippen LogP contribution in [0, 0.1) is 0 Å². The van der Waals surface area contributed by atoms with Crippen molar-refractivity contribution < 1.29 is 9.13 Å². The minimum Gasteiger partial charge on any atom is -0.126 e. The molecule has 0 fully saturated rings. The van der Waals surface area contributed by atoms with Gasteiger partial charge in [0.1, 0.15) is 11.1 Å². The highest BCUT2D eigenvalue weighted by atomic mass is 15.3. The first kappa shape index (κ1) is 16.7. The third-order valence-electron chi connectivity index (χ3n) is 6.78. The molecule has 0 aliphatic carbocycles. The summed E-state index contributed by atoms with van der Waals surface area (Å²) in [5, 5.41) is 0. The summed E-state index contributed by atoms with van der Waals surface area (Å²) in [6, 6.07) is 39.4. The zero-order chi connectivity index (χ0) is 20.4. The molecule has 0 saturated carbocycles. The van der Waals surface area contributed by atoms with Crippen LogP contribution in [0.2, 0.25) is 0 Å². The van der Waals surface area contributed by atoms with Crippen molar-refractivity contribution in [2.24, 2.45) is 0 Å². The second-order valence-corrected chi connectivity index (χ2v) is 8.26. The Balaban J connectivity index is 1.61. The van der Waals surface area contributed by atoms with Crippen LogP contribution >= 0.6 is 0 Å². The molecule has 3 aromatic carbocycles. The third-order valence-corrected chi connectivity index (χ3v) is 6.78. The number of hydrogen-bond donors (Lipinski definition) is 0. The maximum Gasteiger partial charge on any atom is 0.417 e. The van der Waals surface area contributed by atoms with Gasteiger partial charge in [0.05, 0.1) is 11.1 Å². The lowest BCUT2D eigenvalue weighted by atomic mass is 9.90. The first-order valence-electron chi connectivity index (χ1n) is 10.7. The first-order chi connectivity index (χ1) is 15.4. The van der Waals surface area contributed by atoms with Crippen LogP contribution in [0.15, 0.2) is 122 Å². The van der Waals surface area contributed by atoms with Crippen molar-refractivity contribution in [3.63, 3.8) is 0 Å². The normalized spacial score (nSPS) is 17.2. The van der Waals surface area contributed by atoms with Gasteiger partial charge < -0.3 is 0 Å². The van der Waals surface area contributed by atoms with Crippen LogP contribution in [0.1, 0.15) is 11.1 Å². The van der Waals surface area contributed by atoms with Crippen LogP contribution in [-0.4, -0.2) is 0 Å². The summed E-state index contributed by atoms with van der Waals surface area (Å²) in [7, 11) is 0. The highest BCUT2D eigenvalue weighted by Crippen LogP contribution is 2.46. The molecule has 4 heterocycles. The van der Waals surface area contributed by atoms with Crippen LogP contribution in [-0.2, 0) is 5.66 Å². The van der Waals surface area contributed by atoms with Crippen LogP contribution in [0.25, 0.3) is 33.6 Å². The Morgan fingerprint density at radius 2 is 1.06 bits per heavy atom. The predicted molar refractivity (Wildman–Crippen MR) is 121 cm³/mol. The van der Waals surface area contributed by atoms with E-state index in [-0.39, 0.29) is 0 Å². The molecule has 0 amide bonds. The van der Waals surface area contributed by atoms with E-state index in [4.69, 9.17) is 0 Å². The third kappa shape index (κ3) is 2.02. The second-order valence-electron chi connectivity index (χ2n) is 8.26. The van der Waals surface area contributed by atoms with Gasteiger partial charge in [-0.15, -0.1) is 9.13 Å². The fourth-order valence-electron chi connectivity index (χ4n) is 5.55. The van der Waals surface area contributed by atoms with E-state index in [0.29, 0.717) is 0 Å². The van der Waals surface area contributed by atoms with E-state index >= 15 is 0 Å². The van der Waals surface area contributed by atoms with E-state index in [9.17, 15) is 0 Å². The van der Waals surface area contributed by atoms with Gasteiger partial charge in [-0.2, -0.15) is 0 Å². The molecule has 0 saturated heterocycles. The zero-order valence-corrected chi connectivity index (χ0v) is 16.9. The van der Waals surface area contributed by atoms with Gasteiger partial charge in [-0.1, -0.05) is 54.6 Å². The summed E-state index contributed by atoms with van der Waals surface area (Å²) >= 11 is 0. The maximum absolute atomic E-state index is 2.46. The largest absolute Gasteiger partial charge is 0.417 e. The predicted octanol–water partition coefficient (Wildman–Crippen LogP) is 5.19. The molecule has 2 nitrogen and oxygen atoms in total. The highest BCUT2D eigenvalue weighted by molar-refractivity contribution is 5.76. The number of rotatable bonds is 1. The van der Waals surface area contributed by atoms with Gasteiger partial charge in [-0.05, 0) is 41.5 Å². The second kappa shape index (κ2) is 5.99. The van der Waals surface area contributed by atoms with Crippen molar-refractivity contribution >= 4 is 0 Å². The van der Waals surface area contributed by atoms with Gasteiger partial charge in [0.15, 0.2) is 12.4 Å². The fourth-order valence-corrected chi connectivity index (χ4v) is 5.55. The molecule has 0 bridgehead atoms. The quantitative estimate of drug-likeness (QED) is 0.338. The van der Waals surface area contributed by atoms with Crippen molar-refractivity contribution in [2.75, 3.05) is 0 Å². The lowest BCUT2D eigenvalue weighted by molar-refractivity contribution is -0.955. The standard InChI is InChI=1S/C29H20N2/c1-2-10-21(11-3-1)22-17-19-31-28(20-22)24-13-5-7-15-26(24)29(31)25-14-6-4-12-23(25)27-16-8-9-18-30(27)29/h1-20H/q+2. The molecule has 0 N–H and O–H groups in total. The van der Waals surface area contributed by atoms with Crippen LogP contribution in [0.3, 0.4) is 0 Å². The summed E-state index contributed by atoms with van der Waals surface area (Å²) < 4.78 is 4.90. The van der Waals surface area contributed by atoms with Gasteiger partial charge in [0.25, 0.3) is 0 Å². The Kier molecular flexibility index (Phi) is 3.23. The number of nitrogens with zero attached hydrogens (tertiary/aromatic N) is 2. The number of fused-ring (bicyclic) bond motifs is 10. The average molecular weight is 396 g/mol. The fraction of sp³-hybridized carbons (Fsp3) is 0.0345. The molecule has 5 aromatic rings. The minimum atomic E-state index is -0.408. The highest BCUT2D eigenvalue weighted by Gasteiger charge is 2.66. The van der Waals surface area contributed by atoms with E-state index < -0.39 is 5.66 Å². The van der Waals surface area contributed by atoms with E-state index in [0.717, 1.165) is 0 Å². The number of aromatic nitrogens is 2. The van der Waals surface area contributed by atoms with E-state index in [1.54, 1.807) is 0 Å². The van der Waals surface area contributed by atoms with Gasteiger partial charge in [0, 0.05) is 24.3 Å². The molecule has 1 atom stereocenters. The molecule has 1 spiro atoms. The molecule has 144 valence electrons. The van der Waals surface area contributed by atoms with Gasteiger partial charge >= 0.3 is 5.66 Å². The molecule has 2 aliphatic rings. The molecule has 0 radical (unpaired) electrons. The number of pyridine rings is 2. The van der Waals surface area contributed by atoms with E-state index in [1.165, 1.54) is 44.8 Å². The van der Waals surface area contributed by atoms with Gasteiger partial charge in [0.2, 0.25) is 11.4 Å². The molecule has 2 aliphatic heterocycles. The van der Waals surface area contributed by atoms with Gasteiger partial charge in [-0.25, -0.2) is 0 Å². The summed E-state index contributed by atoms with van der Waals surface area (Å²) in [5.74, 6) is 0. The summed E-state index contributed by atoms with van der Waals surface area (Å²) in [4.78, 5) is 0. The molecule has 31 heavy (non-hydrogen) atoms. The Morgan fingerprint density at radius 1 is 0.452 bits per heavy atom. The van der Waals surface area contributed by atoms with E-state index in [2.05, 4.69) is 131 Å². The summed E-state index contributed by atoms with van der Waals surface area (Å²) in [5.41, 5.74) is 9.80. The Morgan fingerprint density at radius 3 is 1.84 bits per heavy atom. The first-order valence-corrected chi connectivity index (χ1v) is 10.7. The van der Waals surface area contributed by atoms with E-state index in [1.807, 2.05) is 0 Å². The molecular weight excluding hydrogens is 376 g/mol. The van der Waals surface area contributed by atoms with Crippen molar-refractivity contribution in [3.8, 4) is 33.6 Å². The Labute approximate surface area is 181 Å². The average Bonchev–Trinajstić information content (AvgIpc) is 3.32. The van der Waals surface area contributed by atoms with Crippen LogP contribution in [0.5, 0.6) is 0 Å². The summed E-state index contributed by atoms with van der Waals surface area (Å²) in [6.07, 6.45) is 4.49. The lowest BCUT2D eigenvalue weighted by Crippen LogP contribution is -2.71. The number of benzene rings is 3. The Hall–Kier alpha value is -4.04. The summed E-state index contributed by atoms with van der Waals surface area (Å²) in [6.45, 7) is 0. The van der Waals surface area contributed by atoms with Crippen LogP contribution < -0.4 is 9.13 Å². The SMILES string of the molecule is c1ccc(-c2cc[n+]3c(c2)-c2ccccc2C32c3ccccc3-c3cccc[n+]32)cc1. The molecule has 2 heteroatoms. The Bertz CT molecular complexity index is 1440.